The Hall–Kier alpha value is -3.82. The van der Waals surface area contributed by atoms with Crippen LogP contribution in [0.25, 0.3) is 10.9 Å². The molecule has 0 aliphatic rings. The molecule has 0 unspecified atom stereocenters. The van der Waals surface area contributed by atoms with Crippen molar-refractivity contribution in [2.75, 3.05) is 6.54 Å². The number of carbonyl (C=O) groups is 3. The second-order valence-corrected chi connectivity index (χ2v) is 7.41. The molecule has 1 heterocycles. The van der Waals surface area contributed by atoms with Gasteiger partial charge < -0.3 is 27.6 Å². The van der Waals surface area contributed by atoms with E-state index in [4.69, 9.17) is 22.3 Å². The Balaban J connectivity index is 0.000000254. The fourth-order valence-corrected chi connectivity index (χ4v) is 3.00. The molecule has 0 bridgehead atoms. The number of carboxylic acids is 1. The maximum absolute atomic E-state index is 11.8. The summed E-state index contributed by atoms with van der Waals surface area (Å²) >= 11 is 0. The van der Waals surface area contributed by atoms with Crippen LogP contribution in [0.15, 0.2) is 66.9 Å². The number of nitrogens with zero attached hydrogens (tertiary/aromatic N) is 1. The number of benzene rings is 2. The normalized spacial score (nSPS) is 12.2. The van der Waals surface area contributed by atoms with E-state index < -0.39 is 29.9 Å². The van der Waals surface area contributed by atoms with E-state index >= 15 is 0 Å². The average molecular weight is 452 g/mol. The molecule has 9 heteroatoms. The minimum atomic E-state index is -1.08. The van der Waals surface area contributed by atoms with Crippen molar-refractivity contribution in [2.45, 2.75) is 31.3 Å². The molecule has 3 rings (SSSR count). The van der Waals surface area contributed by atoms with Crippen molar-refractivity contribution in [1.82, 2.24) is 10.3 Å². The number of pyridine rings is 1. The van der Waals surface area contributed by atoms with Crippen molar-refractivity contribution in [2.24, 2.45) is 17.2 Å². The van der Waals surface area contributed by atoms with Gasteiger partial charge in [-0.1, -0.05) is 48.5 Å². The quantitative estimate of drug-likeness (QED) is 0.325. The van der Waals surface area contributed by atoms with Gasteiger partial charge in [0.1, 0.15) is 6.04 Å². The number of fused-ring (bicyclic) bond motifs is 1. The highest BCUT2D eigenvalue weighted by atomic mass is 16.4. The van der Waals surface area contributed by atoms with Crippen LogP contribution in [0, 0.1) is 0 Å². The molecule has 1 aromatic heterocycles. The first-order valence-electron chi connectivity index (χ1n) is 10.5. The molecule has 0 aliphatic heterocycles. The SMILES string of the molecule is NC(=O)c1cnc2ccccc2c1.NCCC[C@@H](N)C(=O)N[C@H](Cc1ccccc1)C(=O)O. The Morgan fingerprint density at radius 3 is 2.33 bits per heavy atom. The lowest BCUT2D eigenvalue weighted by molar-refractivity contribution is -0.142. The van der Waals surface area contributed by atoms with Gasteiger partial charge >= 0.3 is 5.97 Å². The second kappa shape index (κ2) is 12.9. The first-order valence-corrected chi connectivity index (χ1v) is 10.5. The highest BCUT2D eigenvalue weighted by molar-refractivity contribution is 5.96. The zero-order chi connectivity index (χ0) is 24.2. The summed E-state index contributed by atoms with van der Waals surface area (Å²) in [6, 6.07) is 16.7. The lowest BCUT2D eigenvalue weighted by atomic mass is 10.0. The smallest absolute Gasteiger partial charge is 0.326 e. The predicted octanol–water partition coefficient (Wildman–Crippen LogP) is 1.20. The van der Waals surface area contributed by atoms with E-state index in [1.807, 2.05) is 54.6 Å². The molecule has 9 nitrogen and oxygen atoms in total. The van der Waals surface area contributed by atoms with E-state index in [9.17, 15) is 14.4 Å². The molecular weight excluding hydrogens is 422 g/mol. The Morgan fingerprint density at radius 2 is 1.70 bits per heavy atom. The number of para-hydroxylation sites is 1. The third-order valence-electron chi connectivity index (χ3n) is 4.83. The van der Waals surface area contributed by atoms with Gasteiger partial charge in [-0.05, 0) is 37.1 Å². The Labute approximate surface area is 192 Å². The summed E-state index contributed by atoms with van der Waals surface area (Å²) < 4.78 is 0. The minimum Gasteiger partial charge on any atom is -0.480 e. The van der Waals surface area contributed by atoms with Crippen molar-refractivity contribution in [3.63, 3.8) is 0 Å². The first-order chi connectivity index (χ1) is 15.8. The van der Waals surface area contributed by atoms with Crippen LogP contribution >= 0.6 is 0 Å². The van der Waals surface area contributed by atoms with E-state index in [1.54, 1.807) is 6.07 Å². The number of amides is 2. The third-order valence-corrected chi connectivity index (χ3v) is 4.83. The molecule has 0 aliphatic carbocycles. The molecule has 0 saturated heterocycles. The van der Waals surface area contributed by atoms with Crippen molar-refractivity contribution >= 4 is 28.7 Å². The van der Waals surface area contributed by atoms with Gasteiger partial charge in [0.2, 0.25) is 11.8 Å². The molecule has 0 saturated carbocycles. The number of hydrogen-bond acceptors (Lipinski definition) is 6. The topological polar surface area (TPSA) is 174 Å². The molecule has 2 aromatic carbocycles. The van der Waals surface area contributed by atoms with Gasteiger partial charge in [-0.2, -0.15) is 0 Å². The molecular formula is C24H29N5O4. The van der Waals surface area contributed by atoms with Crippen molar-refractivity contribution in [3.8, 4) is 0 Å². The molecule has 8 N–H and O–H groups in total. The predicted molar refractivity (Wildman–Crippen MR) is 126 cm³/mol. The lowest BCUT2D eigenvalue weighted by Crippen LogP contribution is -2.49. The fourth-order valence-electron chi connectivity index (χ4n) is 3.00. The van der Waals surface area contributed by atoms with Crippen LogP contribution in [-0.2, 0) is 16.0 Å². The molecule has 174 valence electrons. The molecule has 33 heavy (non-hydrogen) atoms. The molecule has 2 atom stereocenters. The summed E-state index contributed by atoms with van der Waals surface area (Å²) in [6.45, 7) is 0.452. The van der Waals surface area contributed by atoms with Crippen molar-refractivity contribution in [1.29, 1.82) is 0 Å². The van der Waals surface area contributed by atoms with Gasteiger partial charge in [-0.25, -0.2) is 4.79 Å². The van der Waals surface area contributed by atoms with Gasteiger partial charge in [-0.3, -0.25) is 14.6 Å². The number of nitrogens with two attached hydrogens (primary N) is 3. The number of aliphatic carboxylic acids is 1. The number of nitrogens with one attached hydrogen (secondary N) is 1. The zero-order valence-corrected chi connectivity index (χ0v) is 18.2. The third kappa shape index (κ3) is 8.32. The average Bonchev–Trinajstić information content (AvgIpc) is 2.82. The largest absolute Gasteiger partial charge is 0.480 e. The van der Waals surface area contributed by atoms with Crippen LogP contribution in [-0.4, -0.2) is 46.5 Å². The Kier molecular flexibility index (Phi) is 9.94. The van der Waals surface area contributed by atoms with Gasteiger partial charge in [0.15, 0.2) is 0 Å². The number of hydrogen-bond donors (Lipinski definition) is 5. The molecule has 2 amide bonds. The minimum absolute atomic E-state index is 0.228. The van der Waals surface area contributed by atoms with Crippen LogP contribution < -0.4 is 22.5 Å². The van der Waals surface area contributed by atoms with Gasteiger partial charge in [0, 0.05) is 18.0 Å². The molecule has 0 radical (unpaired) electrons. The monoisotopic (exact) mass is 451 g/mol. The number of carbonyl (C=O) groups excluding carboxylic acids is 2. The Morgan fingerprint density at radius 1 is 1.03 bits per heavy atom. The maximum Gasteiger partial charge on any atom is 0.326 e. The van der Waals surface area contributed by atoms with Crippen LogP contribution in [0.4, 0.5) is 0 Å². The number of carboxylic acid groups (broad SMARTS) is 1. The molecule has 3 aromatic rings. The van der Waals surface area contributed by atoms with Crippen molar-refractivity contribution in [3.05, 3.63) is 78.0 Å². The van der Waals surface area contributed by atoms with Crippen LogP contribution in [0.1, 0.15) is 28.8 Å². The highest BCUT2D eigenvalue weighted by Gasteiger charge is 2.23. The zero-order valence-electron chi connectivity index (χ0n) is 18.2. The van der Waals surface area contributed by atoms with E-state index in [0.717, 1.165) is 16.5 Å². The summed E-state index contributed by atoms with van der Waals surface area (Å²) in [5.74, 6) is -1.98. The standard InChI is InChI=1S/C14H21N3O3.C10H8N2O/c15-8-4-7-11(16)13(18)17-12(14(19)20)9-10-5-2-1-3-6-10;11-10(13)8-5-7-3-1-2-4-9(7)12-6-8/h1-3,5-6,11-12H,4,7-9,15-16H2,(H,17,18)(H,19,20);1-6H,(H2,11,13)/t11-,12-;/m1./s1. The first kappa shape index (κ1) is 25.4. The van der Waals surface area contributed by atoms with E-state index in [0.29, 0.717) is 24.9 Å². The molecule has 0 spiro atoms. The number of aromatic nitrogens is 1. The van der Waals surface area contributed by atoms with E-state index in [-0.39, 0.29) is 6.42 Å². The van der Waals surface area contributed by atoms with Gasteiger partial charge in [0.05, 0.1) is 17.1 Å². The summed E-state index contributed by atoms with van der Waals surface area (Å²) in [6.07, 6.45) is 2.79. The molecule has 0 fully saturated rings. The highest BCUT2D eigenvalue weighted by Crippen LogP contribution is 2.11. The number of rotatable bonds is 9. The lowest BCUT2D eigenvalue weighted by Gasteiger charge is -2.17. The maximum atomic E-state index is 11.8. The van der Waals surface area contributed by atoms with Crippen LogP contribution in [0.5, 0.6) is 0 Å². The van der Waals surface area contributed by atoms with Crippen LogP contribution in [0.2, 0.25) is 0 Å². The second-order valence-electron chi connectivity index (χ2n) is 7.41. The summed E-state index contributed by atoms with van der Waals surface area (Å²) in [5, 5.41) is 12.6. The van der Waals surface area contributed by atoms with E-state index in [2.05, 4.69) is 10.3 Å². The summed E-state index contributed by atoms with van der Waals surface area (Å²) in [4.78, 5) is 37.9. The fraction of sp³-hybridized carbons (Fsp3) is 0.250. The summed E-state index contributed by atoms with van der Waals surface area (Å²) in [7, 11) is 0. The van der Waals surface area contributed by atoms with Crippen LogP contribution in [0.3, 0.4) is 0 Å². The Bertz CT molecular complexity index is 1070. The van der Waals surface area contributed by atoms with Gasteiger partial charge in [0.25, 0.3) is 0 Å². The number of primary amides is 1. The van der Waals surface area contributed by atoms with Gasteiger partial charge in [-0.15, -0.1) is 0 Å². The van der Waals surface area contributed by atoms with E-state index in [1.165, 1.54) is 6.20 Å². The summed E-state index contributed by atoms with van der Waals surface area (Å²) in [5.41, 5.74) is 18.3. The van der Waals surface area contributed by atoms with Crippen molar-refractivity contribution < 1.29 is 19.5 Å².